The summed E-state index contributed by atoms with van der Waals surface area (Å²) in [4.78, 5) is 15.1. The number of aryl methyl sites for hydroxylation is 2. The van der Waals surface area contributed by atoms with Crippen LogP contribution in [0.1, 0.15) is 28.2 Å². The van der Waals surface area contributed by atoms with Crippen molar-refractivity contribution in [2.45, 2.75) is 25.7 Å². The van der Waals surface area contributed by atoms with Crippen LogP contribution in [0.25, 0.3) is 10.2 Å². The van der Waals surface area contributed by atoms with E-state index < -0.39 is 0 Å². The minimum absolute atomic E-state index is 0.784. The van der Waals surface area contributed by atoms with E-state index in [-0.39, 0.29) is 0 Å². The molecule has 2 aliphatic rings. The lowest BCUT2D eigenvalue weighted by molar-refractivity contribution is 0.122. The molecule has 5 rings (SSSR count). The number of hydrogen-bond donors (Lipinski definition) is 0. The van der Waals surface area contributed by atoms with Crippen molar-refractivity contribution in [2.24, 2.45) is 0 Å². The van der Waals surface area contributed by atoms with E-state index in [0.717, 1.165) is 44.4 Å². The van der Waals surface area contributed by atoms with Gasteiger partial charge in [-0.25, -0.2) is 9.97 Å². The normalized spacial score (nSPS) is 17.2. The summed E-state index contributed by atoms with van der Waals surface area (Å²) in [6.07, 6.45) is 4.43. The van der Waals surface area contributed by atoms with Gasteiger partial charge in [0.25, 0.3) is 0 Å². The summed E-state index contributed by atoms with van der Waals surface area (Å²) in [5.41, 5.74) is 2.77. The third kappa shape index (κ3) is 2.81. The predicted molar refractivity (Wildman–Crippen MR) is 102 cm³/mol. The summed E-state index contributed by atoms with van der Waals surface area (Å²) in [6.45, 7) is 3.40. The number of hydrogen-bond acceptors (Lipinski definition) is 5. The van der Waals surface area contributed by atoms with Crippen LogP contribution in [0, 0.1) is 0 Å². The topological polar surface area (TPSA) is 38.2 Å². The van der Waals surface area contributed by atoms with Gasteiger partial charge in [0.2, 0.25) is 0 Å². The van der Waals surface area contributed by atoms with Crippen molar-refractivity contribution < 1.29 is 4.74 Å². The fourth-order valence-corrected chi connectivity index (χ4v) is 5.16. The Kier molecular flexibility index (Phi) is 3.91. The Balaban J connectivity index is 1.62. The third-order valence-electron chi connectivity index (χ3n) is 5.11. The molecule has 0 bridgehead atoms. The average molecular weight is 351 g/mol. The van der Waals surface area contributed by atoms with E-state index in [0.29, 0.717) is 0 Å². The molecule has 3 aromatic rings. The van der Waals surface area contributed by atoms with Gasteiger partial charge in [-0.05, 0) is 30.4 Å². The molecule has 1 saturated heterocycles. The second kappa shape index (κ2) is 6.39. The smallest absolute Gasteiger partial charge is 0.141 e. The molecule has 2 aromatic heterocycles. The standard InChI is InChI=1S/C20H21N3OS/c1-2-5-14(6-3-1)13-17-21-19(23-9-11-24-12-10-23)18-15-7-4-8-16(15)25-20(18)22-17/h1-3,5-6H,4,7-13H2. The monoisotopic (exact) mass is 351 g/mol. The van der Waals surface area contributed by atoms with Crippen LogP contribution < -0.4 is 4.90 Å². The quantitative estimate of drug-likeness (QED) is 0.723. The highest BCUT2D eigenvalue weighted by atomic mass is 32.1. The lowest BCUT2D eigenvalue weighted by Gasteiger charge is -2.28. The van der Waals surface area contributed by atoms with E-state index in [1.54, 1.807) is 0 Å². The first-order chi connectivity index (χ1) is 12.4. The Morgan fingerprint density at radius 1 is 1.04 bits per heavy atom. The van der Waals surface area contributed by atoms with Crippen molar-refractivity contribution in [3.05, 3.63) is 52.2 Å². The number of aromatic nitrogens is 2. The van der Waals surface area contributed by atoms with Crippen molar-refractivity contribution >= 4 is 27.4 Å². The molecule has 0 radical (unpaired) electrons. The van der Waals surface area contributed by atoms with E-state index in [9.17, 15) is 0 Å². The summed E-state index contributed by atoms with van der Waals surface area (Å²) in [6, 6.07) is 10.5. The van der Waals surface area contributed by atoms with Crippen LogP contribution in [0.5, 0.6) is 0 Å². The Morgan fingerprint density at radius 2 is 1.88 bits per heavy atom. The van der Waals surface area contributed by atoms with Crippen LogP contribution in [-0.4, -0.2) is 36.3 Å². The summed E-state index contributed by atoms with van der Waals surface area (Å²) in [7, 11) is 0. The van der Waals surface area contributed by atoms with Gasteiger partial charge >= 0.3 is 0 Å². The zero-order valence-corrected chi connectivity index (χ0v) is 15.0. The highest BCUT2D eigenvalue weighted by Gasteiger charge is 2.25. The van der Waals surface area contributed by atoms with Crippen LogP contribution in [0.4, 0.5) is 5.82 Å². The molecule has 1 aliphatic carbocycles. The SMILES string of the molecule is c1ccc(Cc2nc(N3CCOCC3)c3c4c(sc3n2)CCC4)cc1. The average Bonchev–Trinajstić information content (AvgIpc) is 3.23. The predicted octanol–water partition coefficient (Wildman–Crippen LogP) is 3.61. The summed E-state index contributed by atoms with van der Waals surface area (Å²) in [5.74, 6) is 2.07. The van der Waals surface area contributed by atoms with Crippen LogP contribution >= 0.6 is 11.3 Å². The van der Waals surface area contributed by atoms with Crippen LogP contribution in [0.3, 0.4) is 0 Å². The summed E-state index contributed by atoms with van der Waals surface area (Å²) in [5, 5.41) is 1.32. The fourth-order valence-electron chi connectivity index (χ4n) is 3.88. The van der Waals surface area contributed by atoms with Gasteiger partial charge in [0.1, 0.15) is 16.5 Å². The Morgan fingerprint density at radius 3 is 2.72 bits per heavy atom. The van der Waals surface area contributed by atoms with E-state index in [1.165, 1.54) is 45.5 Å². The molecule has 4 nitrogen and oxygen atoms in total. The van der Waals surface area contributed by atoms with Crippen molar-refractivity contribution in [3.8, 4) is 0 Å². The second-order valence-electron chi connectivity index (χ2n) is 6.76. The Labute approximate surface area is 151 Å². The largest absolute Gasteiger partial charge is 0.378 e. The molecule has 5 heteroatoms. The minimum atomic E-state index is 0.784. The van der Waals surface area contributed by atoms with Gasteiger partial charge in [-0.15, -0.1) is 11.3 Å². The third-order valence-corrected chi connectivity index (χ3v) is 6.29. The molecule has 0 unspecified atom stereocenters. The van der Waals surface area contributed by atoms with Gasteiger partial charge in [-0.2, -0.15) is 0 Å². The first-order valence-corrected chi connectivity index (χ1v) is 9.88. The molecular weight excluding hydrogens is 330 g/mol. The number of ether oxygens (including phenoxy) is 1. The van der Waals surface area contributed by atoms with E-state index in [1.807, 2.05) is 11.3 Å². The summed E-state index contributed by atoms with van der Waals surface area (Å²) < 4.78 is 5.55. The maximum Gasteiger partial charge on any atom is 0.141 e. The number of morpholine rings is 1. The van der Waals surface area contributed by atoms with Crippen LogP contribution in [-0.2, 0) is 24.0 Å². The molecule has 0 spiro atoms. The fraction of sp³-hybridized carbons (Fsp3) is 0.400. The number of fused-ring (bicyclic) bond motifs is 3. The van der Waals surface area contributed by atoms with Crippen LogP contribution in [0.2, 0.25) is 0 Å². The molecule has 0 atom stereocenters. The molecule has 0 amide bonds. The van der Waals surface area contributed by atoms with Crippen molar-refractivity contribution in [1.29, 1.82) is 0 Å². The van der Waals surface area contributed by atoms with Gasteiger partial charge in [0, 0.05) is 24.4 Å². The summed E-state index contributed by atoms with van der Waals surface area (Å²) >= 11 is 1.88. The Bertz CT molecular complexity index is 900. The lowest BCUT2D eigenvalue weighted by atomic mass is 10.1. The number of nitrogens with zero attached hydrogens (tertiary/aromatic N) is 3. The maximum atomic E-state index is 5.55. The molecule has 1 aliphatic heterocycles. The second-order valence-corrected chi connectivity index (χ2v) is 7.85. The van der Waals surface area contributed by atoms with Gasteiger partial charge in [-0.3, -0.25) is 0 Å². The van der Waals surface area contributed by atoms with Crippen molar-refractivity contribution in [1.82, 2.24) is 9.97 Å². The molecule has 1 fully saturated rings. The first kappa shape index (κ1) is 15.3. The zero-order chi connectivity index (χ0) is 16.6. The highest BCUT2D eigenvalue weighted by molar-refractivity contribution is 7.19. The van der Waals surface area contributed by atoms with Crippen molar-refractivity contribution in [2.75, 3.05) is 31.2 Å². The minimum Gasteiger partial charge on any atom is -0.378 e. The number of benzene rings is 1. The van der Waals surface area contributed by atoms with Gasteiger partial charge in [-0.1, -0.05) is 30.3 Å². The van der Waals surface area contributed by atoms with Gasteiger partial charge in [0.15, 0.2) is 0 Å². The Hall–Kier alpha value is -1.98. The number of thiophene rings is 1. The van der Waals surface area contributed by atoms with Crippen molar-refractivity contribution in [3.63, 3.8) is 0 Å². The molecule has 0 N–H and O–H groups in total. The molecule has 1 aromatic carbocycles. The first-order valence-electron chi connectivity index (χ1n) is 9.06. The highest BCUT2D eigenvalue weighted by Crippen LogP contribution is 2.40. The molecule has 128 valence electrons. The molecule has 3 heterocycles. The van der Waals surface area contributed by atoms with Gasteiger partial charge < -0.3 is 9.64 Å². The zero-order valence-electron chi connectivity index (χ0n) is 14.2. The number of rotatable bonds is 3. The van der Waals surface area contributed by atoms with E-state index >= 15 is 0 Å². The number of anilines is 1. The van der Waals surface area contributed by atoms with Gasteiger partial charge in [0.05, 0.1) is 18.6 Å². The van der Waals surface area contributed by atoms with E-state index in [2.05, 4.69) is 35.2 Å². The molecule has 0 saturated carbocycles. The van der Waals surface area contributed by atoms with Crippen LogP contribution in [0.15, 0.2) is 30.3 Å². The molecule has 25 heavy (non-hydrogen) atoms. The maximum absolute atomic E-state index is 5.55. The van der Waals surface area contributed by atoms with E-state index in [4.69, 9.17) is 14.7 Å². The lowest BCUT2D eigenvalue weighted by Crippen LogP contribution is -2.37. The molecular formula is C20H21N3OS.